The molecule has 1 amide bonds. The smallest absolute Gasteiger partial charge is 0.265 e. The van der Waals surface area contributed by atoms with Crippen molar-refractivity contribution in [2.75, 3.05) is 44.6 Å². The fraction of sp³-hybridized carbons (Fsp3) is 0.269. The first-order chi connectivity index (χ1) is 17.2. The van der Waals surface area contributed by atoms with Gasteiger partial charge in [0.15, 0.2) is 11.5 Å². The molecular formula is C26H30N2O7S. The molecule has 0 spiro atoms. The molecule has 9 nitrogen and oxygen atoms in total. The largest absolute Gasteiger partial charge is 0.497 e. The number of hydrogen-bond donors (Lipinski definition) is 1. The fourth-order valence-corrected chi connectivity index (χ4v) is 5.04. The number of aryl methyl sites for hydroxylation is 1. The van der Waals surface area contributed by atoms with Crippen LogP contribution in [0, 0.1) is 13.8 Å². The van der Waals surface area contributed by atoms with Crippen molar-refractivity contribution >= 4 is 27.3 Å². The van der Waals surface area contributed by atoms with Crippen LogP contribution in [0.2, 0.25) is 0 Å². The van der Waals surface area contributed by atoms with Crippen LogP contribution in [-0.4, -0.2) is 49.3 Å². The summed E-state index contributed by atoms with van der Waals surface area (Å²) >= 11 is 0. The third kappa shape index (κ3) is 5.49. The molecule has 0 aliphatic heterocycles. The third-order valence-electron chi connectivity index (χ3n) is 5.76. The molecule has 0 aromatic heterocycles. The summed E-state index contributed by atoms with van der Waals surface area (Å²) in [6, 6.07) is 14.5. The van der Waals surface area contributed by atoms with Gasteiger partial charge in [-0.1, -0.05) is 12.1 Å². The van der Waals surface area contributed by atoms with Crippen LogP contribution in [0.5, 0.6) is 23.0 Å². The number of sulfonamides is 1. The highest BCUT2D eigenvalue weighted by atomic mass is 32.2. The number of rotatable bonds is 10. The molecule has 0 atom stereocenters. The van der Waals surface area contributed by atoms with E-state index in [0.717, 1.165) is 15.4 Å². The van der Waals surface area contributed by atoms with Gasteiger partial charge in [0.25, 0.3) is 10.0 Å². The van der Waals surface area contributed by atoms with Gasteiger partial charge in [0, 0.05) is 17.8 Å². The fourth-order valence-electron chi connectivity index (χ4n) is 3.60. The number of anilines is 2. The minimum Gasteiger partial charge on any atom is -0.497 e. The van der Waals surface area contributed by atoms with Gasteiger partial charge in [-0.3, -0.25) is 9.10 Å². The Bertz CT molecular complexity index is 1360. The Kier molecular flexibility index (Phi) is 8.31. The normalized spacial score (nSPS) is 10.9. The van der Waals surface area contributed by atoms with Gasteiger partial charge >= 0.3 is 0 Å². The van der Waals surface area contributed by atoms with E-state index in [1.165, 1.54) is 52.7 Å². The van der Waals surface area contributed by atoms with E-state index in [0.29, 0.717) is 17.2 Å². The Labute approximate surface area is 211 Å². The standard InChI is InChI=1S/C26H30N2O7S/c1-17-8-7-9-21(18(17)2)27-26(29)16-28(22-14-19(32-3)10-12-23(22)33-4)36(30,31)20-11-13-24(34-5)25(15-20)35-6/h7-15H,16H2,1-6H3,(H,27,29). The quantitative estimate of drug-likeness (QED) is 0.433. The highest BCUT2D eigenvalue weighted by molar-refractivity contribution is 7.92. The van der Waals surface area contributed by atoms with Gasteiger partial charge in [0.2, 0.25) is 5.91 Å². The summed E-state index contributed by atoms with van der Waals surface area (Å²) < 4.78 is 50.1. The van der Waals surface area contributed by atoms with Crippen molar-refractivity contribution in [2.45, 2.75) is 18.7 Å². The molecule has 3 aromatic rings. The van der Waals surface area contributed by atoms with Gasteiger partial charge in [-0.15, -0.1) is 0 Å². The summed E-state index contributed by atoms with van der Waals surface area (Å²) in [6.07, 6.45) is 0. The van der Waals surface area contributed by atoms with Crippen LogP contribution in [0.25, 0.3) is 0 Å². The molecule has 0 aliphatic carbocycles. The van der Waals surface area contributed by atoms with Crippen molar-refractivity contribution in [2.24, 2.45) is 0 Å². The Morgan fingerprint density at radius 1 is 0.833 bits per heavy atom. The molecule has 0 saturated heterocycles. The molecule has 36 heavy (non-hydrogen) atoms. The molecule has 1 N–H and O–H groups in total. The summed E-state index contributed by atoms with van der Waals surface area (Å²) in [5.74, 6) is 0.718. The van der Waals surface area contributed by atoms with Crippen LogP contribution in [0.15, 0.2) is 59.5 Å². The predicted molar refractivity (Wildman–Crippen MR) is 138 cm³/mol. The lowest BCUT2D eigenvalue weighted by molar-refractivity contribution is -0.114. The Morgan fingerprint density at radius 2 is 1.50 bits per heavy atom. The lowest BCUT2D eigenvalue weighted by Gasteiger charge is -2.26. The molecule has 192 valence electrons. The van der Waals surface area contributed by atoms with E-state index in [1.54, 1.807) is 18.2 Å². The second-order valence-corrected chi connectivity index (χ2v) is 9.72. The average Bonchev–Trinajstić information content (AvgIpc) is 2.88. The Hall–Kier alpha value is -3.92. The summed E-state index contributed by atoms with van der Waals surface area (Å²) in [4.78, 5) is 13.1. The molecule has 0 aliphatic rings. The van der Waals surface area contributed by atoms with Gasteiger partial charge in [-0.05, 0) is 55.3 Å². The van der Waals surface area contributed by atoms with E-state index in [9.17, 15) is 13.2 Å². The van der Waals surface area contributed by atoms with E-state index in [1.807, 2.05) is 26.0 Å². The lowest BCUT2D eigenvalue weighted by atomic mass is 10.1. The SMILES string of the molecule is COc1ccc(OC)c(N(CC(=O)Nc2cccc(C)c2C)S(=O)(=O)c2ccc(OC)c(OC)c2)c1. The topological polar surface area (TPSA) is 103 Å². The zero-order valence-electron chi connectivity index (χ0n) is 21.1. The number of carbonyl (C=O) groups excluding carboxylic acids is 1. The zero-order valence-corrected chi connectivity index (χ0v) is 21.9. The summed E-state index contributed by atoms with van der Waals surface area (Å²) in [7, 11) is 1.48. The minimum atomic E-state index is -4.27. The van der Waals surface area contributed by atoms with Gasteiger partial charge in [0.1, 0.15) is 18.0 Å². The number of benzene rings is 3. The van der Waals surface area contributed by atoms with E-state index < -0.39 is 22.5 Å². The van der Waals surface area contributed by atoms with Crippen molar-refractivity contribution in [1.82, 2.24) is 0 Å². The Balaban J connectivity index is 2.11. The summed E-state index contributed by atoms with van der Waals surface area (Å²) in [5.41, 5.74) is 2.63. The summed E-state index contributed by atoms with van der Waals surface area (Å²) in [5, 5.41) is 2.82. The van der Waals surface area contributed by atoms with Gasteiger partial charge < -0.3 is 24.3 Å². The maximum absolute atomic E-state index is 13.9. The second kappa shape index (κ2) is 11.2. The maximum Gasteiger partial charge on any atom is 0.265 e. The number of ether oxygens (including phenoxy) is 4. The zero-order chi connectivity index (χ0) is 26.5. The van der Waals surface area contributed by atoms with E-state index in [-0.39, 0.29) is 22.1 Å². The van der Waals surface area contributed by atoms with E-state index >= 15 is 0 Å². The monoisotopic (exact) mass is 514 g/mol. The van der Waals surface area contributed by atoms with Crippen LogP contribution >= 0.6 is 0 Å². The van der Waals surface area contributed by atoms with E-state index in [2.05, 4.69) is 5.32 Å². The molecule has 0 heterocycles. The van der Waals surface area contributed by atoms with Crippen molar-refractivity contribution in [3.05, 3.63) is 65.7 Å². The van der Waals surface area contributed by atoms with Crippen molar-refractivity contribution in [3.63, 3.8) is 0 Å². The minimum absolute atomic E-state index is 0.0930. The first-order valence-electron chi connectivity index (χ1n) is 11.0. The van der Waals surface area contributed by atoms with Crippen molar-refractivity contribution in [1.29, 1.82) is 0 Å². The molecule has 0 fully saturated rings. The Morgan fingerprint density at radius 3 is 2.14 bits per heavy atom. The van der Waals surface area contributed by atoms with E-state index in [4.69, 9.17) is 18.9 Å². The van der Waals surface area contributed by atoms with Gasteiger partial charge in [0.05, 0.1) is 39.0 Å². The molecule has 10 heteroatoms. The molecule has 0 unspecified atom stereocenters. The first kappa shape index (κ1) is 26.7. The van der Waals surface area contributed by atoms with Crippen molar-refractivity contribution < 1.29 is 32.2 Å². The van der Waals surface area contributed by atoms with Crippen LogP contribution < -0.4 is 28.6 Å². The van der Waals surface area contributed by atoms with Crippen LogP contribution in [0.4, 0.5) is 11.4 Å². The van der Waals surface area contributed by atoms with Crippen molar-refractivity contribution in [3.8, 4) is 23.0 Å². The van der Waals surface area contributed by atoms with Crippen LogP contribution in [-0.2, 0) is 14.8 Å². The molecular weight excluding hydrogens is 484 g/mol. The van der Waals surface area contributed by atoms with Gasteiger partial charge in [-0.25, -0.2) is 8.42 Å². The molecule has 0 bridgehead atoms. The third-order valence-corrected chi connectivity index (χ3v) is 7.52. The lowest BCUT2D eigenvalue weighted by Crippen LogP contribution is -2.38. The summed E-state index contributed by atoms with van der Waals surface area (Å²) in [6.45, 7) is 3.29. The molecule has 0 saturated carbocycles. The highest BCUT2D eigenvalue weighted by Crippen LogP contribution is 2.37. The number of nitrogens with zero attached hydrogens (tertiary/aromatic N) is 1. The molecule has 0 radical (unpaired) electrons. The second-order valence-electron chi connectivity index (χ2n) is 7.86. The number of methoxy groups -OCH3 is 4. The number of amides is 1. The maximum atomic E-state index is 13.9. The number of nitrogens with one attached hydrogen (secondary N) is 1. The number of carbonyl (C=O) groups is 1. The molecule has 3 rings (SSSR count). The number of hydrogen-bond acceptors (Lipinski definition) is 7. The van der Waals surface area contributed by atoms with Gasteiger partial charge in [-0.2, -0.15) is 0 Å². The first-order valence-corrected chi connectivity index (χ1v) is 12.4. The van der Waals surface area contributed by atoms with Crippen LogP contribution in [0.3, 0.4) is 0 Å². The van der Waals surface area contributed by atoms with Crippen LogP contribution in [0.1, 0.15) is 11.1 Å². The molecule has 3 aromatic carbocycles. The highest BCUT2D eigenvalue weighted by Gasteiger charge is 2.31. The average molecular weight is 515 g/mol. The predicted octanol–water partition coefficient (Wildman–Crippen LogP) is 4.17.